The predicted molar refractivity (Wildman–Crippen MR) is 53.4 cm³/mol. The molecule has 12 heavy (non-hydrogen) atoms. The van der Waals surface area contributed by atoms with Gasteiger partial charge < -0.3 is 10.0 Å². The average molecular weight is 227 g/mol. The highest BCUT2D eigenvalue weighted by atomic mass is 79.9. The van der Waals surface area contributed by atoms with E-state index >= 15 is 0 Å². The molecule has 1 aromatic rings. The summed E-state index contributed by atoms with van der Waals surface area (Å²) in [6.07, 6.45) is 1.65. The molecule has 0 aromatic heterocycles. The Labute approximate surface area is 79.8 Å². The van der Waals surface area contributed by atoms with Crippen LogP contribution in [0, 0.1) is 0 Å². The molecular weight excluding hydrogens is 219 g/mol. The summed E-state index contributed by atoms with van der Waals surface area (Å²) in [5.41, 5.74) is 0.928. The van der Waals surface area contributed by atoms with Crippen molar-refractivity contribution in [1.29, 1.82) is 0 Å². The highest BCUT2D eigenvalue weighted by molar-refractivity contribution is 9.10. The van der Waals surface area contributed by atoms with Gasteiger partial charge in [0.25, 0.3) is 0 Å². The molecule has 0 unspecified atom stereocenters. The van der Waals surface area contributed by atoms with Gasteiger partial charge >= 0.3 is 7.12 Å². The lowest BCUT2D eigenvalue weighted by molar-refractivity contribution is 0.424. The Morgan fingerprint density at radius 1 is 1.33 bits per heavy atom. The van der Waals surface area contributed by atoms with Crippen molar-refractivity contribution in [2.75, 3.05) is 0 Å². The van der Waals surface area contributed by atoms with E-state index in [0.29, 0.717) is 0 Å². The average Bonchev–Trinajstić information content (AvgIpc) is 2.01. The van der Waals surface area contributed by atoms with E-state index < -0.39 is 7.12 Å². The third-order valence-electron chi connectivity index (χ3n) is 1.31. The normalized spacial score (nSPS) is 10.6. The fourth-order valence-corrected chi connectivity index (χ4v) is 1.22. The Morgan fingerprint density at radius 2 is 2.08 bits per heavy atom. The quantitative estimate of drug-likeness (QED) is 0.751. The molecular formula is C8H8BBrO2. The summed E-state index contributed by atoms with van der Waals surface area (Å²) in [4.78, 5) is 0. The summed E-state index contributed by atoms with van der Waals surface area (Å²) >= 11 is 3.31. The van der Waals surface area contributed by atoms with Crippen LogP contribution in [0.15, 0.2) is 34.7 Å². The molecule has 1 rings (SSSR count). The standard InChI is InChI=1S/C8H8BBrO2/c10-8-3-1-2-7(6-8)4-5-9(11)12/h1-6,11-12H/b5-4+. The van der Waals surface area contributed by atoms with Crippen LogP contribution in [0.2, 0.25) is 0 Å². The van der Waals surface area contributed by atoms with Gasteiger partial charge in [0.15, 0.2) is 0 Å². The van der Waals surface area contributed by atoms with Gasteiger partial charge in [-0.05, 0) is 17.7 Å². The first-order chi connectivity index (χ1) is 5.68. The van der Waals surface area contributed by atoms with Crippen LogP contribution >= 0.6 is 15.9 Å². The SMILES string of the molecule is OB(O)/C=C/c1cccc(Br)c1. The second-order valence-corrected chi connectivity index (χ2v) is 3.24. The van der Waals surface area contributed by atoms with Crippen LogP contribution in [-0.2, 0) is 0 Å². The molecule has 2 nitrogen and oxygen atoms in total. The zero-order valence-electron chi connectivity index (χ0n) is 6.31. The van der Waals surface area contributed by atoms with Gasteiger partial charge in [0.05, 0.1) is 0 Å². The Balaban J connectivity index is 2.76. The Morgan fingerprint density at radius 3 is 2.67 bits per heavy atom. The van der Waals surface area contributed by atoms with Crippen molar-refractivity contribution in [3.8, 4) is 0 Å². The lowest BCUT2D eigenvalue weighted by Gasteiger charge is -1.93. The molecule has 0 aliphatic carbocycles. The lowest BCUT2D eigenvalue weighted by atomic mass is 9.91. The molecule has 0 bridgehead atoms. The fourth-order valence-electron chi connectivity index (χ4n) is 0.807. The zero-order valence-corrected chi connectivity index (χ0v) is 7.90. The number of rotatable bonds is 2. The third kappa shape index (κ3) is 3.22. The van der Waals surface area contributed by atoms with Gasteiger partial charge in [0.2, 0.25) is 0 Å². The highest BCUT2D eigenvalue weighted by Crippen LogP contribution is 2.12. The van der Waals surface area contributed by atoms with Crippen molar-refractivity contribution in [1.82, 2.24) is 0 Å². The molecule has 2 N–H and O–H groups in total. The molecule has 0 saturated carbocycles. The summed E-state index contributed by atoms with van der Waals surface area (Å²) in [6, 6.07) is 7.56. The van der Waals surface area contributed by atoms with Crippen LogP contribution in [0.25, 0.3) is 6.08 Å². The van der Waals surface area contributed by atoms with E-state index in [4.69, 9.17) is 10.0 Å². The smallest absolute Gasteiger partial charge is 0.424 e. The predicted octanol–water partition coefficient (Wildman–Crippen LogP) is 1.47. The molecule has 0 heterocycles. The maximum Gasteiger partial charge on any atom is 0.480 e. The van der Waals surface area contributed by atoms with Gasteiger partial charge in [0.1, 0.15) is 0 Å². The molecule has 0 aliphatic rings. The van der Waals surface area contributed by atoms with E-state index in [0.717, 1.165) is 10.0 Å². The van der Waals surface area contributed by atoms with Crippen molar-refractivity contribution >= 4 is 29.1 Å². The Bertz CT molecular complexity index is 286. The fraction of sp³-hybridized carbons (Fsp3) is 0. The molecule has 0 aliphatic heterocycles. The molecule has 0 saturated heterocycles. The molecule has 0 atom stereocenters. The van der Waals surface area contributed by atoms with Gasteiger partial charge in [-0.15, -0.1) is 0 Å². The van der Waals surface area contributed by atoms with Crippen LogP contribution in [0.3, 0.4) is 0 Å². The van der Waals surface area contributed by atoms with Gasteiger partial charge in [-0.25, -0.2) is 0 Å². The van der Waals surface area contributed by atoms with Gasteiger partial charge in [-0.3, -0.25) is 0 Å². The molecule has 0 spiro atoms. The number of benzene rings is 1. The van der Waals surface area contributed by atoms with Gasteiger partial charge in [-0.1, -0.05) is 40.1 Å². The molecule has 0 amide bonds. The van der Waals surface area contributed by atoms with E-state index in [2.05, 4.69) is 15.9 Å². The van der Waals surface area contributed by atoms with Gasteiger partial charge in [-0.2, -0.15) is 0 Å². The summed E-state index contributed by atoms with van der Waals surface area (Å²) < 4.78 is 0.970. The number of halogens is 1. The zero-order chi connectivity index (χ0) is 8.97. The van der Waals surface area contributed by atoms with Crippen molar-refractivity contribution in [3.05, 3.63) is 40.3 Å². The summed E-state index contributed by atoms with van der Waals surface area (Å²) in [5, 5.41) is 17.1. The van der Waals surface area contributed by atoms with Crippen molar-refractivity contribution in [3.63, 3.8) is 0 Å². The Hall–Kier alpha value is -0.575. The maximum absolute atomic E-state index is 8.54. The van der Waals surface area contributed by atoms with Crippen LogP contribution in [-0.4, -0.2) is 17.2 Å². The largest absolute Gasteiger partial charge is 0.480 e. The third-order valence-corrected chi connectivity index (χ3v) is 1.80. The van der Waals surface area contributed by atoms with Crippen LogP contribution < -0.4 is 0 Å². The van der Waals surface area contributed by atoms with E-state index in [9.17, 15) is 0 Å². The minimum Gasteiger partial charge on any atom is -0.424 e. The second-order valence-electron chi connectivity index (χ2n) is 2.33. The summed E-state index contributed by atoms with van der Waals surface area (Å²) in [5.74, 6) is 1.31. The van der Waals surface area contributed by atoms with E-state index in [1.54, 1.807) is 6.08 Å². The number of hydrogen-bond donors (Lipinski definition) is 2. The maximum atomic E-state index is 8.54. The summed E-state index contributed by atoms with van der Waals surface area (Å²) in [7, 11) is -1.39. The highest BCUT2D eigenvalue weighted by Gasteiger charge is 1.97. The Kier molecular flexibility index (Phi) is 3.53. The molecule has 1 aromatic carbocycles. The van der Waals surface area contributed by atoms with Crippen molar-refractivity contribution in [2.24, 2.45) is 0 Å². The van der Waals surface area contributed by atoms with E-state index in [1.807, 2.05) is 24.3 Å². The van der Waals surface area contributed by atoms with Crippen LogP contribution in [0.5, 0.6) is 0 Å². The lowest BCUT2D eigenvalue weighted by Crippen LogP contribution is -2.05. The van der Waals surface area contributed by atoms with Crippen LogP contribution in [0.1, 0.15) is 5.56 Å². The first-order valence-electron chi connectivity index (χ1n) is 3.48. The monoisotopic (exact) mass is 226 g/mol. The van der Waals surface area contributed by atoms with Crippen LogP contribution in [0.4, 0.5) is 0 Å². The molecule has 4 heteroatoms. The van der Waals surface area contributed by atoms with E-state index in [1.165, 1.54) is 5.98 Å². The minimum atomic E-state index is -1.39. The van der Waals surface area contributed by atoms with E-state index in [-0.39, 0.29) is 0 Å². The van der Waals surface area contributed by atoms with Crippen molar-refractivity contribution < 1.29 is 10.0 Å². The summed E-state index contributed by atoms with van der Waals surface area (Å²) in [6.45, 7) is 0. The second kappa shape index (κ2) is 4.45. The molecule has 0 radical (unpaired) electrons. The van der Waals surface area contributed by atoms with Gasteiger partial charge in [0, 0.05) is 4.47 Å². The first kappa shape index (κ1) is 9.51. The minimum absolute atomic E-state index is 0.928. The van der Waals surface area contributed by atoms with Crippen molar-refractivity contribution in [2.45, 2.75) is 0 Å². The molecule has 0 fully saturated rings. The molecule has 62 valence electrons. The topological polar surface area (TPSA) is 40.5 Å². The first-order valence-corrected chi connectivity index (χ1v) is 4.28. The number of hydrogen-bond acceptors (Lipinski definition) is 2.